The molecule has 0 spiro atoms. The van der Waals surface area contributed by atoms with Crippen LogP contribution in [0.25, 0.3) is 6.08 Å². The summed E-state index contributed by atoms with van der Waals surface area (Å²) in [5.74, 6) is -1.79. The summed E-state index contributed by atoms with van der Waals surface area (Å²) in [7, 11) is 1.26. The Kier molecular flexibility index (Phi) is 14.5. The van der Waals surface area contributed by atoms with Crippen LogP contribution < -0.4 is 14.8 Å². The van der Waals surface area contributed by atoms with Gasteiger partial charge in [0.05, 0.1) is 25.5 Å². The second kappa shape index (κ2) is 19.5. The van der Waals surface area contributed by atoms with E-state index in [-0.39, 0.29) is 35.6 Å². The molecule has 1 aliphatic rings. The van der Waals surface area contributed by atoms with Crippen LogP contribution in [0.1, 0.15) is 42.1 Å². The van der Waals surface area contributed by atoms with E-state index in [0.29, 0.717) is 34.7 Å². The smallest absolute Gasteiger partial charge is 0.343 e. The van der Waals surface area contributed by atoms with Crippen molar-refractivity contribution in [2.75, 3.05) is 26.1 Å². The molecular formula is C41H41N3O7S. The zero-order chi connectivity index (χ0) is 37.5. The fraction of sp³-hybridized carbons (Fsp3) is 0.195. The minimum Gasteiger partial charge on any atom is -0.490 e. The first-order valence-corrected chi connectivity index (χ1v) is 17.5. The minimum atomic E-state index is -0.770. The number of ether oxygens (including phenoxy) is 3. The van der Waals surface area contributed by atoms with E-state index in [4.69, 9.17) is 14.2 Å². The topological polar surface area (TPSA) is 124 Å². The number of esters is 1. The van der Waals surface area contributed by atoms with Crippen LogP contribution in [0.4, 0.5) is 0 Å². The van der Waals surface area contributed by atoms with E-state index < -0.39 is 23.8 Å². The molecule has 10 nitrogen and oxygen atoms in total. The summed E-state index contributed by atoms with van der Waals surface area (Å²) in [5.41, 5.74) is 3.11. The number of amides is 3. The molecular weight excluding hydrogens is 679 g/mol. The Morgan fingerprint density at radius 1 is 1.00 bits per heavy atom. The predicted molar refractivity (Wildman–Crippen MR) is 205 cm³/mol. The summed E-state index contributed by atoms with van der Waals surface area (Å²) < 4.78 is 16.3. The van der Waals surface area contributed by atoms with Crippen molar-refractivity contribution < 1.29 is 33.4 Å². The predicted octanol–water partition coefficient (Wildman–Crippen LogP) is 6.76. The van der Waals surface area contributed by atoms with Crippen LogP contribution in [0.2, 0.25) is 0 Å². The van der Waals surface area contributed by atoms with Gasteiger partial charge in [0, 0.05) is 11.3 Å². The van der Waals surface area contributed by atoms with Gasteiger partial charge in [-0.2, -0.15) is 4.99 Å². The van der Waals surface area contributed by atoms with E-state index in [1.807, 2.05) is 60.7 Å². The first-order valence-electron chi connectivity index (χ1n) is 16.5. The van der Waals surface area contributed by atoms with Crippen molar-refractivity contribution in [2.45, 2.75) is 26.3 Å². The van der Waals surface area contributed by atoms with Crippen molar-refractivity contribution in [2.24, 2.45) is 4.99 Å². The van der Waals surface area contributed by atoms with E-state index in [0.717, 1.165) is 22.9 Å². The maximum Gasteiger partial charge on any atom is 0.343 e. The van der Waals surface area contributed by atoms with Gasteiger partial charge >= 0.3 is 5.97 Å². The molecule has 1 aliphatic heterocycles. The van der Waals surface area contributed by atoms with Gasteiger partial charge in [-0.1, -0.05) is 103 Å². The molecule has 1 heterocycles. The maximum atomic E-state index is 14.2. The van der Waals surface area contributed by atoms with Gasteiger partial charge in [0.25, 0.3) is 11.8 Å². The lowest BCUT2D eigenvalue weighted by Crippen LogP contribution is -2.42. The highest BCUT2D eigenvalue weighted by Crippen LogP contribution is 2.36. The quantitative estimate of drug-likeness (QED) is 0.0567. The van der Waals surface area contributed by atoms with Crippen LogP contribution in [-0.4, -0.2) is 59.8 Å². The van der Waals surface area contributed by atoms with Gasteiger partial charge in [0.15, 0.2) is 23.3 Å². The van der Waals surface area contributed by atoms with Crippen LogP contribution in [0.3, 0.4) is 0 Å². The van der Waals surface area contributed by atoms with Gasteiger partial charge in [-0.15, -0.1) is 6.58 Å². The molecule has 52 heavy (non-hydrogen) atoms. The van der Waals surface area contributed by atoms with Crippen molar-refractivity contribution in [3.63, 3.8) is 0 Å². The number of aliphatic imine (C=N–C) groups is 1. The lowest BCUT2D eigenvalue weighted by atomic mass is 9.99. The molecule has 1 N–H and O–H groups in total. The van der Waals surface area contributed by atoms with E-state index in [9.17, 15) is 19.2 Å². The lowest BCUT2D eigenvalue weighted by molar-refractivity contribution is -0.143. The number of nitrogens with one attached hydrogen (secondary N) is 1. The molecule has 268 valence electrons. The number of allylic oxidation sites excluding steroid dienone is 5. The zero-order valence-corrected chi connectivity index (χ0v) is 30.2. The number of benzene rings is 3. The van der Waals surface area contributed by atoms with Gasteiger partial charge in [-0.25, -0.2) is 4.79 Å². The van der Waals surface area contributed by atoms with Crippen LogP contribution in [-0.2, 0) is 30.3 Å². The fourth-order valence-corrected chi connectivity index (χ4v) is 6.06. The summed E-state index contributed by atoms with van der Waals surface area (Å²) in [5, 5.41) is 3.14. The molecule has 0 unspecified atom stereocenters. The number of thioether (sulfide) groups is 1. The molecule has 0 bridgehead atoms. The Bertz CT molecular complexity index is 1880. The SMILES string of the molecule is C=C/C=C\C(=C/C)N1C(=O)/C(=C/c2cc(CC=C)c(OCC(=O)OC)c(OCC)c2)C(=O)N=C1SCC(=O)NC(c1ccccc1)c1ccccc1. The van der Waals surface area contributed by atoms with Gasteiger partial charge in [-0.05, 0) is 61.2 Å². The Morgan fingerprint density at radius 2 is 1.67 bits per heavy atom. The Morgan fingerprint density at radius 3 is 2.25 bits per heavy atom. The van der Waals surface area contributed by atoms with Crippen molar-refractivity contribution >= 4 is 46.7 Å². The molecule has 3 aromatic carbocycles. The van der Waals surface area contributed by atoms with Crippen LogP contribution in [0.5, 0.6) is 11.5 Å². The van der Waals surface area contributed by atoms with E-state index in [1.54, 1.807) is 56.4 Å². The number of hydrogen-bond donors (Lipinski definition) is 1. The lowest BCUT2D eigenvalue weighted by Gasteiger charge is -2.28. The van der Waals surface area contributed by atoms with Gasteiger partial charge in [0.2, 0.25) is 5.91 Å². The number of carbonyl (C=O) groups is 4. The third-order valence-corrected chi connectivity index (χ3v) is 8.54. The summed E-state index contributed by atoms with van der Waals surface area (Å²) in [4.78, 5) is 58.7. The number of hydrogen-bond acceptors (Lipinski definition) is 8. The summed E-state index contributed by atoms with van der Waals surface area (Å²) in [6.45, 7) is 11.0. The van der Waals surface area contributed by atoms with Crippen LogP contribution >= 0.6 is 11.8 Å². The molecule has 0 atom stereocenters. The molecule has 0 saturated heterocycles. The molecule has 0 saturated carbocycles. The molecule has 0 aromatic heterocycles. The molecule has 4 rings (SSSR count). The summed E-state index contributed by atoms with van der Waals surface area (Å²) >= 11 is 0.978. The number of amidine groups is 1. The fourth-order valence-electron chi connectivity index (χ4n) is 5.25. The number of carbonyl (C=O) groups excluding carboxylic acids is 4. The number of methoxy groups -OCH3 is 1. The Hall–Kier alpha value is -5.94. The van der Waals surface area contributed by atoms with E-state index in [2.05, 4.69) is 23.5 Å². The van der Waals surface area contributed by atoms with Crippen LogP contribution in [0.15, 0.2) is 133 Å². The standard InChI is InChI=1S/C41H41N3O7S/c1-6-10-22-32(8-3)44-40(48)33(24-28-23-31(17-7-2)38(34(25-28)50-9-4)51-26-36(46)49-5)39(47)43-41(44)52-27-35(45)42-37(29-18-13-11-14-19-29)30-20-15-12-16-21-30/h6-8,10-16,18-25,37H,1-2,9,17,26-27H2,3-5H3,(H,42,45)/b22-10-,32-8+,33-24+. The Balaban J connectivity index is 1.69. The summed E-state index contributed by atoms with van der Waals surface area (Å²) in [6.07, 6.45) is 10.0. The minimum absolute atomic E-state index is 0.0500. The molecule has 3 aromatic rings. The summed E-state index contributed by atoms with van der Waals surface area (Å²) in [6, 6.07) is 22.1. The molecule has 0 fully saturated rings. The molecule has 11 heteroatoms. The molecule has 0 radical (unpaired) electrons. The highest BCUT2D eigenvalue weighted by atomic mass is 32.2. The second-order valence-electron chi connectivity index (χ2n) is 11.1. The third kappa shape index (κ3) is 10.1. The van der Waals surface area contributed by atoms with E-state index in [1.165, 1.54) is 18.1 Å². The molecule has 3 amide bonds. The normalized spacial score (nSPS) is 14.0. The highest BCUT2D eigenvalue weighted by molar-refractivity contribution is 8.14. The van der Waals surface area contributed by atoms with Gasteiger partial charge in [-0.3, -0.25) is 19.3 Å². The maximum absolute atomic E-state index is 14.2. The Labute approximate surface area is 308 Å². The number of rotatable bonds is 16. The first kappa shape index (κ1) is 38.9. The van der Waals surface area contributed by atoms with Crippen LogP contribution in [0, 0.1) is 0 Å². The average Bonchev–Trinajstić information content (AvgIpc) is 3.16. The van der Waals surface area contributed by atoms with Crippen molar-refractivity contribution in [3.05, 3.63) is 150 Å². The highest BCUT2D eigenvalue weighted by Gasteiger charge is 2.35. The van der Waals surface area contributed by atoms with Crippen molar-refractivity contribution in [3.8, 4) is 11.5 Å². The van der Waals surface area contributed by atoms with Crippen molar-refractivity contribution in [1.82, 2.24) is 10.2 Å². The zero-order valence-electron chi connectivity index (χ0n) is 29.4. The van der Waals surface area contributed by atoms with Gasteiger partial charge in [0.1, 0.15) is 5.57 Å². The average molecular weight is 720 g/mol. The third-order valence-electron chi connectivity index (χ3n) is 7.60. The van der Waals surface area contributed by atoms with Crippen molar-refractivity contribution in [1.29, 1.82) is 0 Å². The first-order chi connectivity index (χ1) is 25.2. The monoisotopic (exact) mass is 719 g/mol. The largest absolute Gasteiger partial charge is 0.490 e. The number of nitrogens with zero attached hydrogens (tertiary/aromatic N) is 2. The van der Waals surface area contributed by atoms with E-state index >= 15 is 0 Å². The second-order valence-corrected chi connectivity index (χ2v) is 12.1. The molecule has 0 aliphatic carbocycles. The van der Waals surface area contributed by atoms with Gasteiger partial charge < -0.3 is 19.5 Å².